The van der Waals surface area contributed by atoms with Crippen LogP contribution in [0, 0.1) is 0 Å². The van der Waals surface area contributed by atoms with Crippen molar-refractivity contribution < 1.29 is 4.79 Å². The van der Waals surface area contributed by atoms with Crippen LogP contribution in [0.15, 0.2) is 29.5 Å². The number of Topliss-reactive ketones (excluding diaryl/α,β-unsaturated/α-hetero) is 1. The number of rotatable bonds is 3. The van der Waals surface area contributed by atoms with Crippen molar-refractivity contribution in [3.63, 3.8) is 0 Å². The van der Waals surface area contributed by atoms with E-state index in [-0.39, 0.29) is 5.78 Å². The summed E-state index contributed by atoms with van der Waals surface area (Å²) in [6, 6.07) is 5.40. The van der Waals surface area contributed by atoms with Crippen molar-refractivity contribution in [2.45, 2.75) is 6.92 Å². The Morgan fingerprint density at radius 1 is 1.67 bits per heavy atom. The fourth-order valence-corrected chi connectivity index (χ4v) is 0.618. The van der Waals surface area contributed by atoms with E-state index in [1.165, 1.54) is 13.1 Å². The van der Waals surface area contributed by atoms with E-state index in [0.29, 0.717) is 5.82 Å². The lowest BCUT2D eigenvalue weighted by Gasteiger charge is -1.95. The summed E-state index contributed by atoms with van der Waals surface area (Å²) in [4.78, 5) is 14.4. The lowest BCUT2D eigenvalue weighted by molar-refractivity contribution is -0.110. The van der Waals surface area contributed by atoms with E-state index < -0.39 is 0 Å². The van der Waals surface area contributed by atoms with E-state index in [2.05, 4.69) is 15.5 Å². The molecule has 1 rings (SSSR count). The van der Waals surface area contributed by atoms with Crippen molar-refractivity contribution in [3.05, 3.63) is 24.4 Å². The molecule has 0 radical (unpaired) electrons. The van der Waals surface area contributed by atoms with Crippen LogP contribution in [0.4, 0.5) is 5.82 Å². The molecule has 0 saturated heterocycles. The number of nitrogens with one attached hydrogen (secondary N) is 1. The fourth-order valence-electron chi connectivity index (χ4n) is 0.618. The standard InChI is InChI=1S/C8H9N3O/c1-7(12)6-10-11-8-4-2-3-5-9-8/h2-6H,1H3,(H,9,11)/b10-6+. The number of ketones is 1. The SMILES string of the molecule is CC(=O)/C=N/Nc1ccccn1. The Morgan fingerprint density at radius 2 is 2.50 bits per heavy atom. The van der Waals surface area contributed by atoms with Crippen LogP contribution >= 0.6 is 0 Å². The van der Waals surface area contributed by atoms with Gasteiger partial charge in [-0.25, -0.2) is 4.98 Å². The molecule has 1 aromatic heterocycles. The summed E-state index contributed by atoms with van der Waals surface area (Å²) in [6.07, 6.45) is 2.85. The molecular formula is C8H9N3O. The Balaban J connectivity index is 2.49. The molecule has 4 nitrogen and oxygen atoms in total. The highest BCUT2D eigenvalue weighted by Crippen LogP contribution is 1.97. The van der Waals surface area contributed by atoms with Crippen LogP contribution in [0.5, 0.6) is 0 Å². The summed E-state index contributed by atoms with van der Waals surface area (Å²) in [7, 11) is 0. The molecule has 0 saturated carbocycles. The summed E-state index contributed by atoms with van der Waals surface area (Å²) in [5, 5.41) is 3.65. The topological polar surface area (TPSA) is 54.4 Å². The van der Waals surface area contributed by atoms with Gasteiger partial charge in [0.2, 0.25) is 0 Å². The van der Waals surface area contributed by atoms with Gasteiger partial charge in [0.05, 0.1) is 6.21 Å². The number of hydrogen-bond donors (Lipinski definition) is 1. The molecule has 1 N–H and O–H groups in total. The van der Waals surface area contributed by atoms with E-state index >= 15 is 0 Å². The van der Waals surface area contributed by atoms with Crippen molar-refractivity contribution in [2.24, 2.45) is 5.10 Å². The average Bonchev–Trinajstić information content (AvgIpc) is 2.05. The third kappa shape index (κ3) is 2.92. The number of hydrogen-bond acceptors (Lipinski definition) is 4. The fraction of sp³-hybridized carbons (Fsp3) is 0.125. The molecule has 62 valence electrons. The van der Waals surface area contributed by atoms with E-state index in [0.717, 1.165) is 0 Å². The van der Waals surface area contributed by atoms with Crippen molar-refractivity contribution in [3.8, 4) is 0 Å². The van der Waals surface area contributed by atoms with Gasteiger partial charge in [-0.1, -0.05) is 6.07 Å². The second-order valence-corrected chi connectivity index (χ2v) is 2.20. The van der Waals surface area contributed by atoms with Gasteiger partial charge in [-0.05, 0) is 12.1 Å². The van der Waals surface area contributed by atoms with Gasteiger partial charge < -0.3 is 0 Å². The highest BCUT2D eigenvalue weighted by Gasteiger charge is 1.86. The highest BCUT2D eigenvalue weighted by atomic mass is 16.1. The molecule has 0 spiro atoms. The number of anilines is 1. The lowest BCUT2D eigenvalue weighted by Crippen LogP contribution is -1.96. The van der Waals surface area contributed by atoms with Gasteiger partial charge >= 0.3 is 0 Å². The Kier molecular flexibility index (Phi) is 2.95. The van der Waals surface area contributed by atoms with Crippen molar-refractivity contribution in [1.29, 1.82) is 0 Å². The van der Waals surface area contributed by atoms with Gasteiger partial charge in [-0.15, -0.1) is 0 Å². The number of nitrogens with zero attached hydrogens (tertiary/aromatic N) is 2. The number of aromatic nitrogens is 1. The second kappa shape index (κ2) is 4.23. The van der Waals surface area contributed by atoms with E-state index in [4.69, 9.17) is 0 Å². The Bertz CT molecular complexity index is 282. The number of carbonyl (C=O) groups excluding carboxylic acids is 1. The smallest absolute Gasteiger partial charge is 0.172 e. The van der Waals surface area contributed by atoms with Crippen molar-refractivity contribution in [1.82, 2.24) is 4.98 Å². The van der Waals surface area contributed by atoms with Gasteiger partial charge in [0, 0.05) is 13.1 Å². The van der Waals surface area contributed by atoms with Gasteiger partial charge in [-0.3, -0.25) is 10.2 Å². The zero-order chi connectivity index (χ0) is 8.81. The Hall–Kier alpha value is -1.71. The van der Waals surface area contributed by atoms with Crippen LogP contribution in [-0.2, 0) is 4.79 Å². The Labute approximate surface area is 70.3 Å². The minimum atomic E-state index is -0.0987. The largest absolute Gasteiger partial charge is 0.293 e. The van der Waals surface area contributed by atoms with Gasteiger partial charge in [0.15, 0.2) is 5.78 Å². The molecule has 0 aliphatic rings. The van der Waals surface area contributed by atoms with Gasteiger partial charge in [-0.2, -0.15) is 5.10 Å². The molecule has 0 unspecified atom stereocenters. The lowest BCUT2D eigenvalue weighted by atomic mass is 10.5. The quantitative estimate of drug-likeness (QED) is 0.535. The monoisotopic (exact) mass is 163 g/mol. The molecule has 0 atom stereocenters. The minimum Gasteiger partial charge on any atom is -0.293 e. The highest BCUT2D eigenvalue weighted by molar-refractivity contribution is 6.26. The number of pyridine rings is 1. The molecule has 0 aliphatic carbocycles. The summed E-state index contributed by atoms with van der Waals surface area (Å²) in [6.45, 7) is 1.43. The molecule has 0 amide bonds. The summed E-state index contributed by atoms with van der Waals surface area (Å²) < 4.78 is 0. The third-order valence-electron chi connectivity index (χ3n) is 1.09. The molecule has 0 aliphatic heterocycles. The van der Waals surface area contributed by atoms with Crippen molar-refractivity contribution >= 4 is 17.8 Å². The van der Waals surface area contributed by atoms with Gasteiger partial charge in [0.25, 0.3) is 0 Å². The van der Waals surface area contributed by atoms with E-state index in [1.807, 2.05) is 6.07 Å². The maximum absolute atomic E-state index is 10.4. The molecule has 1 heterocycles. The third-order valence-corrected chi connectivity index (χ3v) is 1.09. The normalized spacial score (nSPS) is 10.1. The molecule has 0 fully saturated rings. The second-order valence-electron chi connectivity index (χ2n) is 2.20. The molecule has 0 aromatic carbocycles. The van der Waals surface area contributed by atoms with Crippen molar-refractivity contribution in [2.75, 3.05) is 5.43 Å². The zero-order valence-electron chi connectivity index (χ0n) is 6.69. The maximum Gasteiger partial charge on any atom is 0.172 e. The number of hydrazone groups is 1. The molecule has 0 bridgehead atoms. The van der Waals surface area contributed by atoms with Crippen LogP contribution < -0.4 is 5.43 Å². The first kappa shape index (κ1) is 8.39. The van der Waals surface area contributed by atoms with Crippen LogP contribution in [0.2, 0.25) is 0 Å². The zero-order valence-corrected chi connectivity index (χ0v) is 6.69. The molecule has 12 heavy (non-hydrogen) atoms. The van der Waals surface area contributed by atoms with Crippen LogP contribution in [-0.4, -0.2) is 17.0 Å². The van der Waals surface area contributed by atoms with Crippen LogP contribution in [0.3, 0.4) is 0 Å². The molecule has 1 aromatic rings. The average molecular weight is 163 g/mol. The maximum atomic E-state index is 10.4. The minimum absolute atomic E-state index is 0.0987. The first-order valence-electron chi connectivity index (χ1n) is 3.50. The van der Waals surface area contributed by atoms with Crippen LogP contribution in [0.1, 0.15) is 6.92 Å². The van der Waals surface area contributed by atoms with Crippen LogP contribution in [0.25, 0.3) is 0 Å². The molecule has 4 heteroatoms. The molecular weight excluding hydrogens is 154 g/mol. The summed E-state index contributed by atoms with van der Waals surface area (Å²) >= 11 is 0. The van der Waals surface area contributed by atoms with E-state index in [1.54, 1.807) is 18.3 Å². The summed E-state index contributed by atoms with van der Waals surface area (Å²) in [5.41, 5.74) is 2.61. The predicted molar refractivity (Wildman–Crippen MR) is 47.0 cm³/mol. The number of carbonyl (C=O) groups is 1. The van der Waals surface area contributed by atoms with E-state index in [9.17, 15) is 4.79 Å². The van der Waals surface area contributed by atoms with Gasteiger partial charge in [0.1, 0.15) is 5.82 Å². The summed E-state index contributed by atoms with van der Waals surface area (Å²) in [5.74, 6) is 0.522. The first-order valence-corrected chi connectivity index (χ1v) is 3.50. The first-order chi connectivity index (χ1) is 5.79. The Morgan fingerprint density at radius 3 is 3.08 bits per heavy atom. The predicted octanol–water partition coefficient (Wildman–Crippen LogP) is 1.07.